The van der Waals surface area contributed by atoms with Crippen LogP contribution >= 0.6 is 0 Å². The molecule has 2 saturated heterocycles. The van der Waals surface area contributed by atoms with E-state index in [1.54, 1.807) is 4.90 Å². The maximum absolute atomic E-state index is 12.2. The number of pyridine rings is 1. The van der Waals surface area contributed by atoms with Crippen LogP contribution in [0.1, 0.15) is 52.0 Å². The van der Waals surface area contributed by atoms with Crippen molar-refractivity contribution in [2.24, 2.45) is 10.7 Å². The Bertz CT molecular complexity index is 712. The largest absolute Gasteiger partial charge is 0.444 e. The predicted octanol–water partition coefficient (Wildman–Crippen LogP) is 2.83. The van der Waals surface area contributed by atoms with Gasteiger partial charge in [0.15, 0.2) is 5.96 Å². The number of anilines is 1. The second-order valence-corrected chi connectivity index (χ2v) is 9.05. The minimum absolute atomic E-state index is 0.270. The van der Waals surface area contributed by atoms with E-state index in [0.717, 1.165) is 24.5 Å². The van der Waals surface area contributed by atoms with Crippen molar-refractivity contribution in [3.63, 3.8) is 0 Å². The summed E-state index contributed by atoms with van der Waals surface area (Å²) < 4.78 is 5.44. The smallest absolute Gasteiger partial charge is 0.410 e. The molecule has 1 aromatic heterocycles. The lowest BCUT2D eigenvalue weighted by molar-refractivity contribution is 0.0186. The van der Waals surface area contributed by atoms with Crippen LogP contribution in [0.3, 0.4) is 0 Å². The first-order valence-corrected chi connectivity index (χ1v) is 11.0. The fourth-order valence-corrected chi connectivity index (χ4v) is 3.71. The van der Waals surface area contributed by atoms with Crippen LogP contribution in [0.15, 0.2) is 23.3 Å². The van der Waals surface area contributed by atoms with Crippen molar-refractivity contribution < 1.29 is 9.53 Å². The third kappa shape index (κ3) is 6.50. The molecule has 0 saturated carbocycles. The first-order chi connectivity index (χ1) is 14.3. The van der Waals surface area contributed by atoms with Gasteiger partial charge in [0.05, 0.1) is 6.54 Å². The first-order valence-electron chi connectivity index (χ1n) is 11.0. The molecule has 2 fully saturated rings. The van der Waals surface area contributed by atoms with Crippen LogP contribution in [0, 0.1) is 0 Å². The molecule has 0 aliphatic carbocycles. The van der Waals surface area contributed by atoms with Crippen LogP contribution in [0.25, 0.3) is 0 Å². The van der Waals surface area contributed by atoms with Gasteiger partial charge in [0.2, 0.25) is 0 Å². The molecule has 0 radical (unpaired) electrons. The molecule has 0 unspecified atom stereocenters. The van der Waals surface area contributed by atoms with E-state index < -0.39 is 5.60 Å². The van der Waals surface area contributed by atoms with Crippen molar-refractivity contribution >= 4 is 17.9 Å². The highest BCUT2D eigenvalue weighted by atomic mass is 16.6. The molecule has 0 atom stereocenters. The van der Waals surface area contributed by atoms with E-state index >= 15 is 0 Å². The number of guanidine groups is 1. The SMILES string of the molecule is CC(C)(C)OC(=O)N1CCN(C(N)=NCc2ccc(N3CCCCCC3)nc2)CC1. The Balaban J connectivity index is 1.48. The summed E-state index contributed by atoms with van der Waals surface area (Å²) in [6.45, 7) is 10.8. The molecule has 30 heavy (non-hydrogen) atoms. The highest BCUT2D eigenvalue weighted by Gasteiger charge is 2.26. The van der Waals surface area contributed by atoms with Crippen molar-refractivity contribution in [3.8, 4) is 0 Å². The number of amides is 1. The molecule has 8 nitrogen and oxygen atoms in total. The second-order valence-electron chi connectivity index (χ2n) is 9.05. The zero-order chi connectivity index (χ0) is 21.6. The Kier molecular flexibility index (Phi) is 7.39. The zero-order valence-corrected chi connectivity index (χ0v) is 18.6. The molecule has 3 heterocycles. The van der Waals surface area contributed by atoms with E-state index in [0.29, 0.717) is 38.7 Å². The summed E-state index contributed by atoms with van der Waals surface area (Å²) in [5, 5.41) is 0. The van der Waals surface area contributed by atoms with Crippen LogP contribution in [-0.4, -0.2) is 71.7 Å². The van der Waals surface area contributed by atoms with Gasteiger partial charge in [-0.3, -0.25) is 0 Å². The highest BCUT2D eigenvalue weighted by molar-refractivity contribution is 5.78. The summed E-state index contributed by atoms with van der Waals surface area (Å²) in [4.78, 5) is 27.5. The summed E-state index contributed by atoms with van der Waals surface area (Å²) in [6, 6.07) is 4.18. The lowest BCUT2D eigenvalue weighted by Gasteiger charge is -2.36. The van der Waals surface area contributed by atoms with Gasteiger partial charge in [-0.25, -0.2) is 14.8 Å². The molecule has 2 N–H and O–H groups in total. The number of hydrogen-bond acceptors (Lipinski definition) is 5. The van der Waals surface area contributed by atoms with Crippen molar-refractivity contribution in [1.29, 1.82) is 0 Å². The Labute approximate surface area is 180 Å². The summed E-state index contributed by atoms with van der Waals surface area (Å²) >= 11 is 0. The quantitative estimate of drug-likeness (QED) is 0.602. The molecule has 2 aliphatic rings. The normalized spacial score (nSPS) is 18.9. The number of aromatic nitrogens is 1. The number of ether oxygens (including phenoxy) is 1. The van der Waals surface area contributed by atoms with E-state index in [2.05, 4.69) is 27.0 Å². The molecule has 1 amide bonds. The maximum atomic E-state index is 12.2. The van der Waals surface area contributed by atoms with Gasteiger partial charge in [-0.05, 0) is 45.2 Å². The van der Waals surface area contributed by atoms with Gasteiger partial charge in [-0.1, -0.05) is 18.9 Å². The second kappa shape index (κ2) is 10.00. The van der Waals surface area contributed by atoms with Gasteiger partial charge >= 0.3 is 6.09 Å². The fourth-order valence-electron chi connectivity index (χ4n) is 3.71. The Morgan fingerprint density at radius 2 is 1.67 bits per heavy atom. The van der Waals surface area contributed by atoms with E-state index in [4.69, 9.17) is 10.5 Å². The Morgan fingerprint density at radius 3 is 2.23 bits per heavy atom. The zero-order valence-electron chi connectivity index (χ0n) is 18.6. The van der Waals surface area contributed by atoms with Gasteiger partial charge in [0.1, 0.15) is 11.4 Å². The number of aliphatic imine (C=N–C) groups is 1. The van der Waals surface area contributed by atoms with Crippen molar-refractivity contribution in [2.45, 2.75) is 58.6 Å². The average Bonchev–Trinajstić information content (AvgIpc) is 3.01. The predicted molar refractivity (Wildman–Crippen MR) is 120 cm³/mol. The molecule has 1 aromatic rings. The summed E-state index contributed by atoms with van der Waals surface area (Å²) in [7, 11) is 0. The summed E-state index contributed by atoms with van der Waals surface area (Å²) in [5.74, 6) is 1.56. The number of rotatable bonds is 3. The number of nitrogens with zero attached hydrogens (tertiary/aromatic N) is 5. The number of carbonyl (C=O) groups excluding carboxylic acids is 1. The van der Waals surface area contributed by atoms with Crippen LogP contribution in [0.2, 0.25) is 0 Å². The van der Waals surface area contributed by atoms with Gasteiger partial charge < -0.3 is 25.2 Å². The van der Waals surface area contributed by atoms with E-state index in [-0.39, 0.29) is 6.09 Å². The molecule has 0 spiro atoms. The number of carbonyl (C=O) groups is 1. The topological polar surface area (TPSA) is 87.3 Å². The van der Waals surface area contributed by atoms with Crippen molar-refractivity contribution in [1.82, 2.24) is 14.8 Å². The molecule has 8 heteroatoms. The van der Waals surface area contributed by atoms with E-state index in [1.807, 2.05) is 31.9 Å². The number of nitrogens with two attached hydrogens (primary N) is 1. The fraction of sp³-hybridized carbons (Fsp3) is 0.682. The molecule has 0 aromatic carbocycles. The van der Waals surface area contributed by atoms with Crippen molar-refractivity contribution in [2.75, 3.05) is 44.2 Å². The highest BCUT2D eigenvalue weighted by Crippen LogP contribution is 2.18. The van der Waals surface area contributed by atoms with E-state index in [1.165, 1.54) is 25.7 Å². The average molecular weight is 417 g/mol. The molecule has 0 bridgehead atoms. The lowest BCUT2D eigenvalue weighted by atomic mass is 10.2. The van der Waals surface area contributed by atoms with Gasteiger partial charge in [-0.15, -0.1) is 0 Å². The van der Waals surface area contributed by atoms with E-state index in [9.17, 15) is 4.79 Å². The van der Waals surface area contributed by atoms with Gasteiger partial charge in [0.25, 0.3) is 0 Å². The molecule has 3 rings (SSSR count). The minimum Gasteiger partial charge on any atom is -0.444 e. The Morgan fingerprint density at radius 1 is 1.03 bits per heavy atom. The standard InChI is InChI=1S/C22H36N6O2/c1-22(2,3)30-21(29)28-14-12-27(13-15-28)20(23)25-17-18-8-9-19(24-16-18)26-10-6-4-5-7-11-26/h8-9,16H,4-7,10-15,17H2,1-3H3,(H2,23,25). The number of hydrogen-bond donors (Lipinski definition) is 1. The van der Waals surface area contributed by atoms with Gasteiger partial charge in [-0.2, -0.15) is 0 Å². The van der Waals surface area contributed by atoms with Crippen LogP contribution in [-0.2, 0) is 11.3 Å². The van der Waals surface area contributed by atoms with Gasteiger partial charge in [0, 0.05) is 45.5 Å². The Hall–Kier alpha value is -2.51. The van der Waals surface area contributed by atoms with Crippen LogP contribution in [0.4, 0.5) is 10.6 Å². The summed E-state index contributed by atoms with van der Waals surface area (Å²) in [6.07, 6.45) is 6.74. The molecule has 2 aliphatic heterocycles. The molecular formula is C22H36N6O2. The maximum Gasteiger partial charge on any atom is 0.410 e. The minimum atomic E-state index is -0.481. The first kappa shape index (κ1) is 22.2. The molecule has 166 valence electrons. The lowest BCUT2D eigenvalue weighted by Crippen LogP contribution is -2.53. The van der Waals surface area contributed by atoms with Crippen LogP contribution in [0.5, 0.6) is 0 Å². The monoisotopic (exact) mass is 416 g/mol. The number of piperazine rings is 1. The molecular weight excluding hydrogens is 380 g/mol. The van der Waals surface area contributed by atoms with Crippen molar-refractivity contribution in [3.05, 3.63) is 23.9 Å². The third-order valence-electron chi connectivity index (χ3n) is 5.42. The third-order valence-corrected chi connectivity index (χ3v) is 5.42. The van der Waals surface area contributed by atoms with Crippen LogP contribution < -0.4 is 10.6 Å². The summed E-state index contributed by atoms with van der Waals surface area (Å²) in [5.41, 5.74) is 6.76.